The number of aromatic nitrogens is 1. The molecule has 2 N–H and O–H groups in total. The minimum atomic E-state index is -0.409. The number of benzene rings is 1. The second-order valence-electron chi connectivity index (χ2n) is 7.42. The van der Waals surface area contributed by atoms with Crippen molar-refractivity contribution in [2.24, 2.45) is 23.7 Å². The van der Waals surface area contributed by atoms with Gasteiger partial charge >= 0.3 is 0 Å². The predicted molar refractivity (Wildman–Crippen MR) is 94.6 cm³/mol. The average molecular weight is 324 g/mol. The van der Waals surface area contributed by atoms with Crippen LogP contribution in [0.3, 0.4) is 0 Å². The van der Waals surface area contributed by atoms with Crippen LogP contribution in [0.25, 0.3) is 10.9 Å². The summed E-state index contributed by atoms with van der Waals surface area (Å²) in [6, 6.07) is 8.02. The normalized spacial score (nSPS) is 30.2. The Labute approximate surface area is 143 Å². The van der Waals surface area contributed by atoms with Gasteiger partial charge in [-0.15, -0.1) is 6.58 Å². The molecular weight excluding hydrogens is 298 g/mol. The van der Waals surface area contributed by atoms with E-state index in [1.54, 1.807) is 7.11 Å². The molecule has 1 aromatic heterocycles. The highest BCUT2D eigenvalue weighted by Gasteiger charge is 2.43. The van der Waals surface area contributed by atoms with Gasteiger partial charge < -0.3 is 9.84 Å². The van der Waals surface area contributed by atoms with E-state index in [0.29, 0.717) is 23.7 Å². The Hall–Kier alpha value is -1.87. The van der Waals surface area contributed by atoms with Gasteiger partial charge in [0.15, 0.2) is 6.20 Å². The summed E-state index contributed by atoms with van der Waals surface area (Å²) < 4.78 is 5.37. The van der Waals surface area contributed by atoms with Crippen molar-refractivity contribution in [3.63, 3.8) is 0 Å². The van der Waals surface area contributed by atoms with Crippen molar-refractivity contribution in [3.8, 4) is 5.75 Å². The fourth-order valence-electron chi connectivity index (χ4n) is 5.02. The average Bonchev–Trinajstić information content (AvgIpc) is 2.66. The molecule has 2 bridgehead atoms. The van der Waals surface area contributed by atoms with E-state index in [1.807, 2.05) is 30.5 Å². The number of fused-ring (bicyclic) bond motifs is 4. The fourth-order valence-corrected chi connectivity index (χ4v) is 5.02. The number of pyridine rings is 1. The lowest BCUT2D eigenvalue weighted by atomic mass is 9.58. The molecule has 2 aromatic rings. The number of methoxy groups -OCH3 is 1. The summed E-state index contributed by atoms with van der Waals surface area (Å²) in [5, 5.41) is 12.3. The molecule has 3 nitrogen and oxygen atoms in total. The number of ether oxygens (including phenoxy) is 1. The van der Waals surface area contributed by atoms with E-state index >= 15 is 0 Å². The molecule has 3 fully saturated rings. The molecule has 3 aliphatic carbocycles. The Morgan fingerprint density at radius 2 is 2.08 bits per heavy atom. The number of aliphatic hydroxyl groups is 1. The highest BCUT2D eigenvalue weighted by atomic mass is 16.5. The summed E-state index contributed by atoms with van der Waals surface area (Å²) in [6.45, 7) is 4.01. The van der Waals surface area contributed by atoms with Crippen LogP contribution in [0.1, 0.15) is 37.4 Å². The van der Waals surface area contributed by atoms with Crippen LogP contribution in [0, 0.1) is 23.7 Å². The SMILES string of the molecule is C=CC1C[C@H]2CCC1C[C@H]2[C@H](O)c1cc[nH+]c2ccc(OC)cc12. The molecule has 0 aliphatic heterocycles. The molecular formula is C21H26NO2+. The molecule has 2 unspecified atom stereocenters. The van der Waals surface area contributed by atoms with Crippen LogP contribution in [0.4, 0.5) is 0 Å². The van der Waals surface area contributed by atoms with Crippen molar-refractivity contribution >= 4 is 10.9 Å². The molecule has 0 spiro atoms. The minimum absolute atomic E-state index is 0.358. The van der Waals surface area contributed by atoms with Gasteiger partial charge in [-0.3, -0.25) is 0 Å². The van der Waals surface area contributed by atoms with E-state index in [4.69, 9.17) is 4.74 Å². The Morgan fingerprint density at radius 1 is 1.25 bits per heavy atom. The quantitative estimate of drug-likeness (QED) is 0.866. The molecule has 24 heavy (non-hydrogen) atoms. The summed E-state index contributed by atoms with van der Waals surface area (Å²) in [5.74, 6) is 3.14. The molecule has 5 atom stereocenters. The lowest BCUT2D eigenvalue weighted by Crippen LogP contribution is -2.39. The smallest absolute Gasteiger partial charge is 0.211 e. The van der Waals surface area contributed by atoms with E-state index < -0.39 is 6.10 Å². The summed E-state index contributed by atoms with van der Waals surface area (Å²) in [4.78, 5) is 3.27. The van der Waals surface area contributed by atoms with Gasteiger partial charge in [0, 0.05) is 17.7 Å². The lowest BCUT2D eigenvalue weighted by Gasteiger charge is -2.48. The number of allylic oxidation sites excluding steroid dienone is 1. The van der Waals surface area contributed by atoms with E-state index in [1.165, 1.54) is 19.3 Å². The zero-order chi connectivity index (χ0) is 16.7. The van der Waals surface area contributed by atoms with Crippen LogP contribution in [-0.4, -0.2) is 12.2 Å². The third-order valence-electron chi connectivity index (χ3n) is 6.34. The van der Waals surface area contributed by atoms with E-state index in [-0.39, 0.29) is 0 Å². The van der Waals surface area contributed by atoms with Crippen molar-refractivity contribution in [1.29, 1.82) is 0 Å². The van der Waals surface area contributed by atoms with Gasteiger partial charge in [0.1, 0.15) is 5.75 Å². The third kappa shape index (κ3) is 2.51. The van der Waals surface area contributed by atoms with Crippen molar-refractivity contribution < 1.29 is 14.8 Å². The van der Waals surface area contributed by atoms with Gasteiger partial charge in [-0.05, 0) is 61.5 Å². The van der Waals surface area contributed by atoms with Crippen LogP contribution in [0.5, 0.6) is 5.75 Å². The highest BCUT2D eigenvalue weighted by Crippen LogP contribution is 2.52. The van der Waals surface area contributed by atoms with Gasteiger partial charge in [0.25, 0.3) is 0 Å². The van der Waals surface area contributed by atoms with Gasteiger partial charge in [-0.1, -0.05) is 6.08 Å². The number of aliphatic hydroxyl groups excluding tert-OH is 1. The zero-order valence-corrected chi connectivity index (χ0v) is 14.2. The summed E-state index contributed by atoms with van der Waals surface area (Å²) >= 11 is 0. The Balaban J connectivity index is 1.69. The number of hydrogen-bond donors (Lipinski definition) is 1. The van der Waals surface area contributed by atoms with Crippen LogP contribution in [0.2, 0.25) is 0 Å². The van der Waals surface area contributed by atoms with Gasteiger partial charge in [0.05, 0.1) is 18.6 Å². The molecule has 3 saturated carbocycles. The third-order valence-corrected chi connectivity index (χ3v) is 6.34. The molecule has 3 aliphatic rings. The first-order chi connectivity index (χ1) is 11.7. The van der Waals surface area contributed by atoms with Crippen molar-refractivity contribution in [2.45, 2.75) is 31.8 Å². The predicted octanol–water partition coefficient (Wildman–Crippen LogP) is 3.93. The second-order valence-corrected chi connectivity index (χ2v) is 7.42. The number of hydrogen-bond acceptors (Lipinski definition) is 2. The largest absolute Gasteiger partial charge is 0.497 e. The van der Waals surface area contributed by atoms with Crippen LogP contribution >= 0.6 is 0 Å². The first-order valence-corrected chi connectivity index (χ1v) is 9.00. The standard InChI is InChI=1S/C21H25NO2/c1-3-13-10-15-5-4-14(13)11-18(15)21(23)17-8-9-22-20-7-6-16(24-2)12-19(17)20/h3,6-9,12-15,18,21,23H,1,4-5,10-11H2,2H3/p+1/t13?,14?,15-,18-,21-/m1/s1. The summed E-state index contributed by atoms with van der Waals surface area (Å²) in [5.41, 5.74) is 2.06. The maximum absolute atomic E-state index is 11.2. The first kappa shape index (κ1) is 15.6. The number of aromatic amines is 1. The van der Waals surface area contributed by atoms with Crippen LogP contribution < -0.4 is 9.72 Å². The van der Waals surface area contributed by atoms with Crippen LogP contribution in [-0.2, 0) is 0 Å². The monoisotopic (exact) mass is 324 g/mol. The van der Waals surface area contributed by atoms with Crippen molar-refractivity contribution in [3.05, 3.63) is 48.7 Å². The van der Waals surface area contributed by atoms with Gasteiger partial charge in [0.2, 0.25) is 5.52 Å². The topological polar surface area (TPSA) is 43.6 Å². The second kappa shape index (κ2) is 6.21. The maximum Gasteiger partial charge on any atom is 0.211 e. The molecule has 1 aromatic carbocycles. The van der Waals surface area contributed by atoms with Crippen molar-refractivity contribution in [2.75, 3.05) is 7.11 Å². The molecule has 0 saturated heterocycles. The van der Waals surface area contributed by atoms with Gasteiger partial charge in [-0.25, -0.2) is 4.98 Å². The molecule has 1 heterocycles. The van der Waals surface area contributed by atoms with Gasteiger partial charge in [-0.2, -0.15) is 0 Å². The number of rotatable bonds is 4. The molecule has 0 radical (unpaired) electrons. The maximum atomic E-state index is 11.2. The summed E-state index contributed by atoms with van der Waals surface area (Å²) in [6.07, 6.45) is 8.51. The number of nitrogens with one attached hydrogen (secondary N) is 1. The molecule has 126 valence electrons. The zero-order valence-electron chi connectivity index (χ0n) is 14.2. The molecule has 5 rings (SSSR count). The molecule has 3 heteroatoms. The Bertz CT molecular complexity index is 757. The van der Waals surface area contributed by atoms with Crippen LogP contribution in [0.15, 0.2) is 43.1 Å². The van der Waals surface area contributed by atoms with E-state index in [2.05, 4.69) is 17.6 Å². The minimum Gasteiger partial charge on any atom is -0.497 e. The summed E-state index contributed by atoms with van der Waals surface area (Å²) in [7, 11) is 1.68. The Kier molecular flexibility index (Phi) is 4.05. The number of H-pyrrole nitrogens is 1. The lowest BCUT2D eigenvalue weighted by molar-refractivity contribution is -0.344. The van der Waals surface area contributed by atoms with E-state index in [9.17, 15) is 5.11 Å². The first-order valence-electron chi connectivity index (χ1n) is 9.00. The highest BCUT2D eigenvalue weighted by molar-refractivity contribution is 5.81. The Morgan fingerprint density at radius 3 is 2.79 bits per heavy atom. The fraction of sp³-hybridized carbons (Fsp3) is 0.476. The van der Waals surface area contributed by atoms with E-state index in [0.717, 1.165) is 28.6 Å². The van der Waals surface area contributed by atoms with Crippen molar-refractivity contribution in [1.82, 2.24) is 0 Å². The molecule has 0 amide bonds.